The van der Waals surface area contributed by atoms with Gasteiger partial charge in [0.15, 0.2) is 0 Å². The van der Waals surface area contributed by atoms with E-state index in [1.54, 1.807) is 12.4 Å². The van der Waals surface area contributed by atoms with Gasteiger partial charge in [0.1, 0.15) is 0 Å². The first-order chi connectivity index (χ1) is 8.16. The molecule has 2 aromatic rings. The van der Waals surface area contributed by atoms with E-state index in [1.165, 1.54) is 16.7 Å². The number of nitrogens with two attached hydrogens (primary N) is 1. The van der Waals surface area contributed by atoms with E-state index in [0.29, 0.717) is 0 Å². The molecule has 0 saturated carbocycles. The lowest BCUT2D eigenvalue weighted by atomic mass is 10.1. The third-order valence-corrected chi connectivity index (χ3v) is 2.73. The Kier molecular flexibility index (Phi) is 3.28. The van der Waals surface area contributed by atoms with Crippen molar-refractivity contribution in [2.75, 3.05) is 11.1 Å². The predicted molar refractivity (Wildman–Crippen MR) is 71.9 cm³/mol. The lowest BCUT2D eigenvalue weighted by Gasteiger charge is -2.13. The zero-order valence-electron chi connectivity index (χ0n) is 10.2. The minimum atomic E-state index is 0.761. The molecule has 0 amide bonds. The summed E-state index contributed by atoms with van der Waals surface area (Å²) in [6.45, 7) is 4.88. The first-order valence-corrected chi connectivity index (χ1v) is 5.66. The number of nitrogen functional groups attached to an aromatic ring is 1. The van der Waals surface area contributed by atoms with Crippen LogP contribution in [0.15, 0.2) is 36.7 Å². The molecule has 1 heterocycles. The molecular formula is C14H17N3. The molecular weight excluding hydrogens is 210 g/mol. The summed E-state index contributed by atoms with van der Waals surface area (Å²) < 4.78 is 0. The molecule has 3 heteroatoms. The fraction of sp³-hybridized carbons (Fsp3) is 0.214. The summed E-state index contributed by atoms with van der Waals surface area (Å²) in [6.07, 6.45) is 3.59. The van der Waals surface area contributed by atoms with Crippen LogP contribution in [0.5, 0.6) is 0 Å². The molecule has 0 aliphatic heterocycles. The molecule has 0 fully saturated rings. The minimum absolute atomic E-state index is 0.761. The zero-order chi connectivity index (χ0) is 12.3. The average Bonchev–Trinajstić information content (AvgIpc) is 2.29. The van der Waals surface area contributed by atoms with Crippen LogP contribution in [0, 0.1) is 13.8 Å². The van der Waals surface area contributed by atoms with Crippen molar-refractivity contribution in [1.29, 1.82) is 0 Å². The first-order valence-electron chi connectivity index (χ1n) is 5.66. The average molecular weight is 227 g/mol. The minimum Gasteiger partial charge on any atom is -0.397 e. The van der Waals surface area contributed by atoms with E-state index in [2.05, 4.69) is 30.2 Å². The highest BCUT2D eigenvalue weighted by atomic mass is 14.9. The van der Waals surface area contributed by atoms with Crippen LogP contribution in [0.25, 0.3) is 0 Å². The Labute approximate surface area is 102 Å². The number of pyridine rings is 1. The van der Waals surface area contributed by atoms with Gasteiger partial charge in [-0.05, 0) is 48.7 Å². The Balaban J connectivity index is 2.15. The fourth-order valence-corrected chi connectivity index (χ4v) is 1.93. The SMILES string of the molecule is Cc1cc(C)c(NCc2ccncc2)c(N)c1. The maximum Gasteiger partial charge on any atom is 0.0606 e. The van der Waals surface area contributed by atoms with Gasteiger partial charge in [-0.3, -0.25) is 4.98 Å². The molecule has 0 aliphatic carbocycles. The smallest absolute Gasteiger partial charge is 0.0606 e. The van der Waals surface area contributed by atoms with E-state index in [0.717, 1.165) is 17.9 Å². The highest BCUT2D eigenvalue weighted by Gasteiger charge is 2.03. The molecule has 0 radical (unpaired) electrons. The van der Waals surface area contributed by atoms with Crippen molar-refractivity contribution in [2.24, 2.45) is 0 Å². The highest BCUT2D eigenvalue weighted by Crippen LogP contribution is 2.25. The van der Waals surface area contributed by atoms with Crippen LogP contribution < -0.4 is 11.1 Å². The second-order valence-electron chi connectivity index (χ2n) is 4.26. The second-order valence-corrected chi connectivity index (χ2v) is 4.26. The van der Waals surface area contributed by atoms with Gasteiger partial charge in [0.2, 0.25) is 0 Å². The molecule has 0 atom stereocenters. The van der Waals surface area contributed by atoms with Crippen molar-refractivity contribution in [3.8, 4) is 0 Å². The van der Waals surface area contributed by atoms with E-state index in [9.17, 15) is 0 Å². The molecule has 2 rings (SSSR count). The van der Waals surface area contributed by atoms with E-state index in [-0.39, 0.29) is 0 Å². The monoisotopic (exact) mass is 227 g/mol. The van der Waals surface area contributed by atoms with Crippen LogP contribution in [0.4, 0.5) is 11.4 Å². The van der Waals surface area contributed by atoms with E-state index >= 15 is 0 Å². The molecule has 17 heavy (non-hydrogen) atoms. The van der Waals surface area contributed by atoms with Crippen molar-refractivity contribution >= 4 is 11.4 Å². The zero-order valence-corrected chi connectivity index (χ0v) is 10.2. The summed E-state index contributed by atoms with van der Waals surface area (Å²) in [5, 5.41) is 3.37. The number of hydrogen-bond acceptors (Lipinski definition) is 3. The van der Waals surface area contributed by atoms with Crippen LogP contribution in [0.3, 0.4) is 0 Å². The number of nitrogens with one attached hydrogen (secondary N) is 1. The Hall–Kier alpha value is -2.03. The summed E-state index contributed by atoms with van der Waals surface area (Å²) in [4.78, 5) is 3.99. The Morgan fingerprint density at radius 1 is 1.18 bits per heavy atom. The van der Waals surface area contributed by atoms with Gasteiger partial charge in [0.25, 0.3) is 0 Å². The normalized spacial score (nSPS) is 10.2. The van der Waals surface area contributed by atoms with Gasteiger partial charge < -0.3 is 11.1 Å². The summed E-state index contributed by atoms with van der Waals surface area (Å²) in [7, 11) is 0. The molecule has 3 nitrogen and oxygen atoms in total. The molecule has 0 bridgehead atoms. The van der Waals surface area contributed by atoms with Gasteiger partial charge in [0, 0.05) is 18.9 Å². The molecule has 1 aromatic carbocycles. The van der Waals surface area contributed by atoms with Gasteiger partial charge in [-0.25, -0.2) is 0 Å². The number of nitrogens with zero attached hydrogens (tertiary/aromatic N) is 1. The summed E-state index contributed by atoms with van der Waals surface area (Å²) in [5.41, 5.74) is 11.4. The van der Waals surface area contributed by atoms with Crippen molar-refractivity contribution in [3.63, 3.8) is 0 Å². The number of anilines is 2. The standard InChI is InChI=1S/C14H17N3/c1-10-7-11(2)14(13(15)8-10)17-9-12-3-5-16-6-4-12/h3-8,17H,9,15H2,1-2H3. The van der Waals surface area contributed by atoms with E-state index in [4.69, 9.17) is 5.73 Å². The summed E-state index contributed by atoms with van der Waals surface area (Å²) in [6, 6.07) is 8.10. The molecule has 0 unspecified atom stereocenters. The van der Waals surface area contributed by atoms with Crippen LogP contribution >= 0.6 is 0 Å². The topological polar surface area (TPSA) is 50.9 Å². The molecule has 1 aromatic heterocycles. The van der Waals surface area contributed by atoms with Crippen LogP contribution in [-0.2, 0) is 6.54 Å². The van der Waals surface area contributed by atoms with Crippen LogP contribution in [-0.4, -0.2) is 4.98 Å². The van der Waals surface area contributed by atoms with Crippen molar-refractivity contribution in [1.82, 2.24) is 4.98 Å². The van der Waals surface area contributed by atoms with E-state index in [1.807, 2.05) is 18.2 Å². The third kappa shape index (κ3) is 2.75. The second kappa shape index (κ2) is 4.87. The summed E-state index contributed by atoms with van der Waals surface area (Å²) >= 11 is 0. The number of rotatable bonds is 3. The number of hydrogen-bond donors (Lipinski definition) is 2. The van der Waals surface area contributed by atoms with Crippen molar-refractivity contribution < 1.29 is 0 Å². The van der Waals surface area contributed by atoms with Gasteiger partial charge in [-0.1, -0.05) is 6.07 Å². The van der Waals surface area contributed by atoms with Gasteiger partial charge >= 0.3 is 0 Å². The summed E-state index contributed by atoms with van der Waals surface area (Å²) in [5.74, 6) is 0. The Bertz CT molecular complexity index is 483. The Morgan fingerprint density at radius 3 is 2.53 bits per heavy atom. The lowest BCUT2D eigenvalue weighted by molar-refractivity contribution is 1.12. The number of aromatic nitrogens is 1. The van der Waals surface area contributed by atoms with Gasteiger partial charge in [-0.2, -0.15) is 0 Å². The molecule has 0 spiro atoms. The van der Waals surface area contributed by atoms with Crippen LogP contribution in [0.2, 0.25) is 0 Å². The third-order valence-electron chi connectivity index (χ3n) is 2.73. The maximum absolute atomic E-state index is 6.01. The fourth-order valence-electron chi connectivity index (χ4n) is 1.93. The van der Waals surface area contributed by atoms with Gasteiger partial charge in [-0.15, -0.1) is 0 Å². The first kappa shape index (κ1) is 11.5. The number of benzene rings is 1. The van der Waals surface area contributed by atoms with Crippen molar-refractivity contribution in [2.45, 2.75) is 20.4 Å². The van der Waals surface area contributed by atoms with Crippen molar-refractivity contribution in [3.05, 3.63) is 53.3 Å². The quantitative estimate of drug-likeness (QED) is 0.793. The number of aryl methyl sites for hydroxylation is 2. The molecule has 3 N–H and O–H groups in total. The molecule has 0 saturated heterocycles. The molecule has 88 valence electrons. The highest BCUT2D eigenvalue weighted by molar-refractivity contribution is 5.71. The Morgan fingerprint density at radius 2 is 1.88 bits per heavy atom. The lowest BCUT2D eigenvalue weighted by Crippen LogP contribution is -2.04. The predicted octanol–water partition coefficient (Wildman–Crippen LogP) is 2.89. The molecule has 0 aliphatic rings. The maximum atomic E-state index is 6.01. The van der Waals surface area contributed by atoms with Crippen LogP contribution in [0.1, 0.15) is 16.7 Å². The largest absolute Gasteiger partial charge is 0.397 e. The van der Waals surface area contributed by atoms with E-state index < -0.39 is 0 Å². The van der Waals surface area contributed by atoms with Gasteiger partial charge in [0.05, 0.1) is 11.4 Å².